The maximum atomic E-state index is 11.9. The molecule has 6 nitrogen and oxygen atoms in total. The summed E-state index contributed by atoms with van der Waals surface area (Å²) in [5.41, 5.74) is 0. The van der Waals surface area contributed by atoms with Crippen molar-refractivity contribution >= 4 is 5.91 Å². The van der Waals surface area contributed by atoms with E-state index in [1.165, 1.54) is 32.1 Å². The standard InChI is InChI=1S/C14H25N5O/c1-11(2)19-13(16-17-18-19)8-9-15-14(20)10-12-6-4-3-5-7-12/h11-12H,3-10H2,1-2H3,(H,15,20). The van der Waals surface area contributed by atoms with Crippen molar-refractivity contribution in [3.63, 3.8) is 0 Å². The molecule has 20 heavy (non-hydrogen) atoms. The van der Waals surface area contributed by atoms with Crippen LogP contribution in [-0.4, -0.2) is 32.7 Å². The highest BCUT2D eigenvalue weighted by Crippen LogP contribution is 2.25. The summed E-state index contributed by atoms with van der Waals surface area (Å²) in [6.07, 6.45) is 7.66. The van der Waals surface area contributed by atoms with E-state index in [2.05, 4.69) is 20.8 Å². The highest BCUT2D eigenvalue weighted by atomic mass is 16.1. The van der Waals surface area contributed by atoms with E-state index in [1.807, 2.05) is 13.8 Å². The van der Waals surface area contributed by atoms with Crippen molar-refractivity contribution in [2.24, 2.45) is 5.92 Å². The van der Waals surface area contributed by atoms with E-state index in [4.69, 9.17) is 0 Å². The van der Waals surface area contributed by atoms with E-state index in [9.17, 15) is 4.79 Å². The predicted octanol–water partition coefficient (Wildman–Crippen LogP) is 1.88. The minimum atomic E-state index is 0.167. The zero-order chi connectivity index (χ0) is 14.4. The molecule has 0 atom stereocenters. The van der Waals surface area contributed by atoms with Crippen LogP contribution in [0, 0.1) is 5.92 Å². The molecule has 1 aromatic rings. The van der Waals surface area contributed by atoms with Crippen molar-refractivity contribution in [3.8, 4) is 0 Å². The maximum absolute atomic E-state index is 11.9. The minimum Gasteiger partial charge on any atom is -0.356 e. The van der Waals surface area contributed by atoms with E-state index in [1.54, 1.807) is 4.68 Å². The van der Waals surface area contributed by atoms with Gasteiger partial charge in [0.25, 0.3) is 0 Å². The monoisotopic (exact) mass is 279 g/mol. The number of aromatic nitrogens is 4. The molecular weight excluding hydrogens is 254 g/mol. The molecule has 0 bridgehead atoms. The highest BCUT2D eigenvalue weighted by Gasteiger charge is 2.17. The molecule has 0 radical (unpaired) electrons. The van der Waals surface area contributed by atoms with Gasteiger partial charge in [0.2, 0.25) is 5.91 Å². The summed E-state index contributed by atoms with van der Waals surface area (Å²) in [5, 5.41) is 14.6. The first-order valence-corrected chi connectivity index (χ1v) is 7.70. The molecule has 1 saturated carbocycles. The second kappa shape index (κ2) is 7.36. The van der Waals surface area contributed by atoms with Crippen LogP contribution in [0.2, 0.25) is 0 Å². The average molecular weight is 279 g/mol. The van der Waals surface area contributed by atoms with Gasteiger partial charge in [-0.3, -0.25) is 4.79 Å². The van der Waals surface area contributed by atoms with Gasteiger partial charge in [0.1, 0.15) is 0 Å². The third-order valence-electron chi connectivity index (χ3n) is 3.92. The fraction of sp³-hybridized carbons (Fsp3) is 0.857. The zero-order valence-electron chi connectivity index (χ0n) is 12.5. The summed E-state index contributed by atoms with van der Waals surface area (Å²) in [6.45, 7) is 4.70. The topological polar surface area (TPSA) is 72.7 Å². The van der Waals surface area contributed by atoms with Gasteiger partial charge >= 0.3 is 0 Å². The highest BCUT2D eigenvalue weighted by molar-refractivity contribution is 5.76. The number of nitrogens with zero attached hydrogens (tertiary/aromatic N) is 4. The zero-order valence-corrected chi connectivity index (χ0v) is 12.5. The van der Waals surface area contributed by atoms with E-state index in [0.29, 0.717) is 25.3 Å². The van der Waals surface area contributed by atoms with Crippen LogP contribution in [0.5, 0.6) is 0 Å². The molecule has 1 fully saturated rings. The molecular formula is C14H25N5O. The normalized spacial score (nSPS) is 16.6. The van der Waals surface area contributed by atoms with Gasteiger partial charge in [-0.1, -0.05) is 19.3 Å². The third kappa shape index (κ3) is 4.28. The number of hydrogen-bond donors (Lipinski definition) is 1. The summed E-state index contributed by atoms with van der Waals surface area (Å²) >= 11 is 0. The summed E-state index contributed by atoms with van der Waals surface area (Å²) in [4.78, 5) is 11.9. The Hall–Kier alpha value is -1.46. The fourth-order valence-corrected chi connectivity index (χ4v) is 2.82. The Balaban J connectivity index is 1.69. The van der Waals surface area contributed by atoms with Gasteiger partial charge in [0.05, 0.1) is 6.04 Å². The molecule has 1 aliphatic rings. The van der Waals surface area contributed by atoms with Crippen molar-refractivity contribution in [2.45, 2.75) is 64.8 Å². The summed E-state index contributed by atoms with van der Waals surface area (Å²) in [7, 11) is 0. The Labute approximate surface area is 120 Å². The smallest absolute Gasteiger partial charge is 0.220 e. The lowest BCUT2D eigenvalue weighted by Crippen LogP contribution is -2.29. The molecule has 0 aromatic carbocycles. The van der Waals surface area contributed by atoms with Gasteiger partial charge < -0.3 is 5.32 Å². The molecule has 6 heteroatoms. The molecule has 112 valence electrons. The van der Waals surface area contributed by atoms with Crippen molar-refractivity contribution in [2.75, 3.05) is 6.54 Å². The largest absolute Gasteiger partial charge is 0.356 e. The van der Waals surface area contributed by atoms with Crippen molar-refractivity contribution in [1.82, 2.24) is 25.5 Å². The van der Waals surface area contributed by atoms with Crippen LogP contribution in [0.25, 0.3) is 0 Å². The molecule has 0 spiro atoms. The first kappa shape index (κ1) is 14.9. The summed E-state index contributed by atoms with van der Waals surface area (Å²) in [6, 6.07) is 0.248. The Kier molecular flexibility index (Phi) is 5.49. The number of nitrogens with one attached hydrogen (secondary N) is 1. The van der Waals surface area contributed by atoms with E-state index < -0.39 is 0 Å². The fourth-order valence-electron chi connectivity index (χ4n) is 2.82. The van der Waals surface area contributed by atoms with Gasteiger partial charge in [0.15, 0.2) is 5.82 Å². The average Bonchev–Trinajstić information content (AvgIpc) is 2.88. The Bertz CT molecular complexity index is 423. The second-order valence-electron chi connectivity index (χ2n) is 5.94. The first-order valence-electron chi connectivity index (χ1n) is 7.70. The van der Waals surface area contributed by atoms with Crippen LogP contribution in [0.1, 0.15) is 64.2 Å². The Morgan fingerprint density at radius 3 is 2.80 bits per heavy atom. The van der Waals surface area contributed by atoms with Crippen LogP contribution < -0.4 is 5.32 Å². The number of amides is 1. The van der Waals surface area contributed by atoms with Gasteiger partial charge in [0, 0.05) is 19.4 Å². The Morgan fingerprint density at radius 2 is 2.10 bits per heavy atom. The van der Waals surface area contributed by atoms with Crippen LogP contribution in [-0.2, 0) is 11.2 Å². The number of rotatable bonds is 6. The van der Waals surface area contributed by atoms with Crippen LogP contribution in [0.3, 0.4) is 0 Å². The lowest BCUT2D eigenvalue weighted by molar-refractivity contribution is -0.122. The van der Waals surface area contributed by atoms with Crippen molar-refractivity contribution in [3.05, 3.63) is 5.82 Å². The van der Waals surface area contributed by atoms with E-state index >= 15 is 0 Å². The minimum absolute atomic E-state index is 0.167. The maximum Gasteiger partial charge on any atom is 0.220 e. The number of carbonyl (C=O) groups excluding carboxylic acids is 1. The summed E-state index contributed by atoms with van der Waals surface area (Å²) in [5.74, 6) is 1.59. The predicted molar refractivity (Wildman–Crippen MR) is 76.1 cm³/mol. The SMILES string of the molecule is CC(C)n1nnnc1CCNC(=O)CC1CCCCC1. The van der Waals surface area contributed by atoms with Crippen LogP contribution >= 0.6 is 0 Å². The molecule has 1 heterocycles. The molecule has 1 aliphatic carbocycles. The Morgan fingerprint density at radius 1 is 1.35 bits per heavy atom. The molecule has 0 saturated heterocycles. The number of hydrogen-bond acceptors (Lipinski definition) is 4. The van der Waals surface area contributed by atoms with Crippen molar-refractivity contribution < 1.29 is 4.79 Å². The van der Waals surface area contributed by atoms with E-state index in [-0.39, 0.29) is 11.9 Å². The summed E-state index contributed by atoms with van der Waals surface area (Å²) < 4.78 is 1.80. The van der Waals surface area contributed by atoms with Gasteiger partial charge in [-0.15, -0.1) is 5.10 Å². The molecule has 1 aromatic heterocycles. The molecule has 0 aliphatic heterocycles. The number of tetrazole rings is 1. The lowest BCUT2D eigenvalue weighted by atomic mass is 9.87. The third-order valence-corrected chi connectivity index (χ3v) is 3.92. The van der Waals surface area contributed by atoms with E-state index in [0.717, 1.165) is 5.82 Å². The van der Waals surface area contributed by atoms with Crippen LogP contribution in [0.15, 0.2) is 0 Å². The lowest BCUT2D eigenvalue weighted by Gasteiger charge is -2.20. The first-order chi connectivity index (χ1) is 9.66. The molecule has 1 N–H and O–H groups in total. The van der Waals surface area contributed by atoms with Crippen LogP contribution in [0.4, 0.5) is 0 Å². The van der Waals surface area contributed by atoms with Crippen molar-refractivity contribution in [1.29, 1.82) is 0 Å². The quantitative estimate of drug-likeness (QED) is 0.863. The molecule has 1 amide bonds. The van der Waals surface area contributed by atoms with Gasteiger partial charge in [-0.25, -0.2) is 4.68 Å². The molecule has 2 rings (SSSR count). The second-order valence-corrected chi connectivity index (χ2v) is 5.94. The molecule has 0 unspecified atom stereocenters. The van der Waals surface area contributed by atoms with Gasteiger partial charge in [-0.05, 0) is 43.0 Å². The number of carbonyl (C=O) groups is 1. The van der Waals surface area contributed by atoms with Gasteiger partial charge in [-0.2, -0.15) is 0 Å².